The molecule has 4 fully saturated rings. The minimum Gasteiger partial charge on any atom is -0.463 e. The van der Waals surface area contributed by atoms with Crippen LogP contribution in [0.3, 0.4) is 0 Å². The van der Waals surface area contributed by atoms with Crippen molar-refractivity contribution < 1.29 is 34.3 Å². The molecule has 14 atom stereocenters. The summed E-state index contributed by atoms with van der Waals surface area (Å²) in [5.41, 5.74) is 3.27. The van der Waals surface area contributed by atoms with Crippen LogP contribution < -0.4 is 0 Å². The Labute approximate surface area is 354 Å². The van der Waals surface area contributed by atoms with Gasteiger partial charge in [0.05, 0.1) is 6.10 Å². The van der Waals surface area contributed by atoms with Crippen LogP contribution in [0.25, 0.3) is 0 Å². The highest BCUT2D eigenvalue weighted by atomic mass is 16.7. The van der Waals surface area contributed by atoms with Gasteiger partial charge in [-0.2, -0.15) is 0 Å². The summed E-state index contributed by atoms with van der Waals surface area (Å²) in [6.07, 6.45) is 27.7. The zero-order valence-corrected chi connectivity index (χ0v) is 37.8. The molecule has 4 aliphatic carbocycles. The molecule has 332 valence electrons. The summed E-state index contributed by atoms with van der Waals surface area (Å²) in [5.74, 6) is 3.62. The number of hydrogen-bond donors (Lipinski definition) is 3. The third kappa shape index (κ3) is 11.7. The van der Waals surface area contributed by atoms with Gasteiger partial charge >= 0.3 is 5.97 Å². The Kier molecular flexibility index (Phi) is 18.5. The molecule has 1 heterocycles. The Morgan fingerprint density at radius 2 is 1.52 bits per heavy atom. The molecule has 5 rings (SSSR count). The SMILES string of the molecule is C=C(C)[C@H](/C=C/[C@@H](C)[C@H]1CC[C@H]2[C@@H]3CC=C4C[C@@H](O[C@@H]5O[C@H](COC(=O)CCCCCCCCCCCCCCC)[C@@H](O)[C@H](O)[C@H]5O)CC[C@]4(C)[C@H]3CC[C@]12C)CC. The minimum absolute atomic E-state index is 0.148. The molecule has 0 aromatic heterocycles. The second kappa shape index (κ2) is 22.5. The lowest BCUT2D eigenvalue weighted by molar-refractivity contribution is -0.313. The van der Waals surface area contributed by atoms with Crippen LogP contribution in [0.1, 0.15) is 189 Å². The van der Waals surface area contributed by atoms with Gasteiger partial charge in [0.25, 0.3) is 0 Å². The van der Waals surface area contributed by atoms with E-state index in [-0.39, 0.29) is 24.1 Å². The van der Waals surface area contributed by atoms with Gasteiger partial charge < -0.3 is 29.5 Å². The molecule has 0 amide bonds. The highest BCUT2D eigenvalue weighted by molar-refractivity contribution is 5.69. The van der Waals surface area contributed by atoms with E-state index in [2.05, 4.69) is 66.3 Å². The maximum absolute atomic E-state index is 12.6. The molecular formula is C51H86O7. The monoisotopic (exact) mass is 811 g/mol. The highest BCUT2D eigenvalue weighted by Gasteiger charge is 2.59. The van der Waals surface area contributed by atoms with Crippen molar-refractivity contribution in [1.82, 2.24) is 0 Å². The number of unbranched alkanes of at least 4 members (excludes halogenated alkanes) is 12. The van der Waals surface area contributed by atoms with Crippen LogP contribution in [0.5, 0.6) is 0 Å². The molecule has 3 saturated carbocycles. The van der Waals surface area contributed by atoms with Crippen molar-refractivity contribution in [2.45, 2.75) is 226 Å². The molecule has 1 aliphatic heterocycles. The third-order valence-corrected chi connectivity index (χ3v) is 16.4. The van der Waals surface area contributed by atoms with E-state index >= 15 is 0 Å². The van der Waals surface area contributed by atoms with Gasteiger partial charge in [-0.25, -0.2) is 0 Å². The Balaban J connectivity index is 1.05. The van der Waals surface area contributed by atoms with Gasteiger partial charge in [0.2, 0.25) is 0 Å². The van der Waals surface area contributed by atoms with E-state index in [1.807, 2.05) is 0 Å². The van der Waals surface area contributed by atoms with Crippen LogP contribution >= 0.6 is 0 Å². The molecular weight excluding hydrogens is 725 g/mol. The van der Waals surface area contributed by atoms with Gasteiger partial charge in [-0.05, 0) is 117 Å². The van der Waals surface area contributed by atoms with Crippen molar-refractivity contribution in [3.05, 3.63) is 36.0 Å². The first-order valence-corrected chi connectivity index (χ1v) is 24.4. The molecule has 0 unspecified atom stereocenters. The van der Waals surface area contributed by atoms with Crippen LogP contribution in [-0.2, 0) is 19.0 Å². The van der Waals surface area contributed by atoms with Crippen molar-refractivity contribution >= 4 is 5.97 Å². The average Bonchev–Trinajstić information content (AvgIpc) is 3.56. The summed E-state index contributed by atoms with van der Waals surface area (Å²) in [4.78, 5) is 12.6. The van der Waals surface area contributed by atoms with Crippen molar-refractivity contribution in [1.29, 1.82) is 0 Å². The van der Waals surface area contributed by atoms with Gasteiger partial charge in [-0.1, -0.05) is 148 Å². The molecule has 1 saturated heterocycles. The third-order valence-electron chi connectivity index (χ3n) is 16.4. The van der Waals surface area contributed by atoms with Crippen LogP contribution in [0.15, 0.2) is 36.0 Å². The fourth-order valence-corrected chi connectivity index (χ4v) is 12.6. The van der Waals surface area contributed by atoms with Crippen molar-refractivity contribution in [2.24, 2.45) is 46.3 Å². The fourth-order valence-electron chi connectivity index (χ4n) is 12.6. The smallest absolute Gasteiger partial charge is 0.305 e. The number of esters is 1. The number of rotatable bonds is 23. The first-order chi connectivity index (χ1) is 27.8. The first kappa shape index (κ1) is 47.5. The van der Waals surface area contributed by atoms with E-state index in [0.29, 0.717) is 29.6 Å². The Morgan fingerprint density at radius 1 is 0.862 bits per heavy atom. The predicted molar refractivity (Wildman–Crippen MR) is 235 cm³/mol. The van der Waals surface area contributed by atoms with Crippen molar-refractivity contribution in [2.75, 3.05) is 6.61 Å². The molecule has 58 heavy (non-hydrogen) atoms. The number of carbonyl (C=O) groups is 1. The quantitative estimate of drug-likeness (QED) is 0.0536. The highest BCUT2D eigenvalue weighted by Crippen LogP contribution is 2.67. The van der Waals surface area contributed by atoms with E-state index in [9.17, 15) is 20.1 Å². The average molecular weight is 811 g/mol. The number of aliphatic hydroxyl groups is 3. The Bertz CT molecular complexity index is 1340. The zero-order chi connectivity index (χ0) is 41.9. The lowest BCUT2D eigenvalue weighted by Crippen LogP contribution is -2.60. The topological polar surface area (TPSA) is 105 Å². The van der Waals surface area contributed by atoms with Crippen LogP contribution in [0.2, 0.25) is 0 Å². The number of fused-ring (bicyclic) bond motifs is 5. The molecule has 0 aromatic carbocycles. The molecule has 0 radical (unpaired) electrons. The van der Waals surface area contributed by atoms with Crippen LogP contribution in [0.4, 0.5) is 0 Å². The summed E-state index contributed by atoms with van der Waals surface area (Å²) in [6.45, 7) is 18.3. The van der Waals surface area contributed by atoms with Gasteiger partial charge in [0.1, 0.15) is 31.0 Å². The summed E-state index contributed by atoms with van der Waals surface area (Å²) < 4.78 is 18.0. The van der Waals surface area contributed by atoms with E-state index in [0.717, 1.165) is 69.1 Å². The maximum Gasteiger partial charge on any atom is 0.305 e. The number of carbonyl (C=O) groups excluding carboxylic acids is 1. The Hall–Kier alpha value is -1.51. The van der Waals surface area contributed by atoms with Gasteiger partial charge in [0, 0.05) is 6.42 Å². The molecule has 0 bridgehead atoms. The zero-order valence-electron chi connectivity index (χ0n) is 37.8. The Morgan fingerprint density at radius 3 is 2.16 bits per heavy atom. The second-order valence-electron chi connectivity index (χ2n) is 20.3. The number of aliphatic hydroxyl groups excluding tert-OH is 3. The molecule has 0 aromatic rings. The largest absolute Gasteiger partial charge is 0.463 e. The molecule has 0 spiro atoms. The molecule has 7 heteroatoms. The fraction of sp³-hybridized carbons (Fsp3) is 0.863. The first-order valence-electron chi connectivity index (χ1n) is 24.4. The normalized spacial score (nSPS) is 37.1. The summed E-state index contributed by atoms with van der Waals surface area (Å²) >= 11 is 0. The maximum atomic E-state index is 12.6. The van der Waals surface area contributed by atoms with Gasteiger partial charge in [0.15, 0.2) is 6.29 Å². The van der Waals surface area contributed by atoms with Gasteiger partial charge in [-0.3, -0.25) is 4.79 Å². The van der Waals surface area contributed by atoms with Crippen LogP contribution in [0, 0.1) is 46.3 Å². The van der Waals surface area contributed by atoms with E-state index < -0.39 is 30.7 Å². The van der Waals surface area contributed by atoms with Crippen LogP contribution in [-0.4, -0.2) is 64.7 Å². The number of ether oxygens (including phenoxy) is 3. The summed E-state index contributed by atoms with van der Waals surface area (Å²) in [6, 6.07) is 0. The van der Waals surface area contributed by atoms with Gasteiger partial charge in [-0.15, -0.1) is 0 Å². The molecule has 3 N–H and O–H groups in total. The molecule has 7 nitrogen and oxygen atoms in total. The van der Waals surface area contributed by atoms with E-state index in [1.165, 1.54) is 101 Å². The van der Waals surface area contributed by atoms with Crippen molar-refractivity contribution in [3.8, 4) is 0 Å². The predicted octanol–water partition coefficient (Wildman–Crippen LogP) is 11.6. The minimum atomic E-state index is -1.45. The van der Waals surface area contributed by atoms with E-state index in [1.54, 1.807) is 0 Å². The summed E-state index contributed by atoms with van der Waals surface area (Å²) in [7, 11) is 0. The lowest BCUT2D eigenvalue weighted by Gasteiger charge is -2.58. The van der Waals surface area contributed by atoms with E-state index in [4.69, 9.17) is 14.2 Å². The number of hydrogen-bond acceptors (Lipinski definition) is 7. The van der Waals surface area contributed by atoms with Crippen molar-refractivity contribution in [3.63, 3.8) is 0 Å². The molecule has 5 aliphatic rings. The lowest BCUT2D eigenvalue weighted by atomic mass is 9.47. The number of allylic oxidation sites excluding steroid dienone is 4. The standard InChI is InChI=1S/C51H86O7/c1-8-10-11-12-13-14-15-16-17-18-19-20-21-22-45(52)56-34-44-46(53)47(54)48(55)49(58-44)57-39-29-31-50(6)38(33-39)25-26-40-42-28-27-41(51(42,7)32-30-43(40)50)36(5)23-24-37(9-2)35(3)4/h23-25,36-37,39-44,46-49,53-55H,3,8-22,26-34H2,1-2,4-7H3/b24-23+/t36-,37+,39+,40+,41-,42+,43+,44-,46-,47+,48-,49-,50+,51-/m1/s1. The summed E-state index contributed by atoms with van der Waals surface area (Å²) in [5, 5.41) is 32.5. The second-order valence-corrected chi connectivity index (χ2v) is 20.3.